The van der Waals surface area contributed by atoms with Gasteiger partial charge in [-0.1, -0.05) is 11.6 Å². The zero-order valence-corrected chi connectivity index (χ0v) is 12.5. The second kappa shape index (κ2) is 6.09. The molecule has 0 aliphatic heterocycles. The van der Waals surface area contributed by atoms with Gasteiger partial charge in [0.15, 0.2) is 0 Å². The summed E-state index contributed by atoms with van der Waals surface area (Å²) in [5.74, 6) is 0. The Morgan fingerprint density at radius 2 is 2.10 bits per heavy atom. The van der Waals surface area contributed by atoms with E-state index in [0.717, 1.165) is 0 Å². The molecule has 0 saturated carbocycles. The number of hydrogen-bond donors (Lipinski definition) is 1. The van der Waals surface area contributed by atoms with Gasteiger partial charge in [0, 0.05) is 18.4 Å². The fourth-order valence-corrected chi connectivity index (χ4v) is 2.10. The minimum atomic E-state index is -0.280. The highest BCUT2D eigenvalue weighted by Crippen LogP contribution is 2.17. The van der Waals surface area contributed by atoms with Crippen LogP contribution in [-0.2, 0) is 6.54 Å². The smallest absolute Gasteiger partial charge is 0.287 e. The lowest BCUT2D eigenvalue weighted by molar-refractivity contribution is 0.502. The molecule has 2 heterocycles. The van der Waals surface area contributed by atoms with E-state index < -0.39 is 0 Å². The highest BCUT2D eigenvalue weighted by Gasteiger charge is 2.13. The van der Waals surface area contributed by atoms with Crippen LogP contribution in [0.15, 0.2) is 29.5 Å². The monoisotopic (exact) mass is 295 g/mol. The highest BCUT2D eigenvalue weighted by molar-refractivity contribution is 6.32. The Bertz CT molecular complexity index is 620. The van der Waals surface area contributed by atoms with Crippen molar-refractivity contribution in [2.75, 3.05) is 5.32 Å². The van der Waals surface area contributed by atoms with Crippen LogP contribution >= 0.6 is 11.6 Å². The van der Waals surface area contributed by atoms with Gasteiger partial charge in [-0.25, -0.2) is 4.68 Å². The van der Waals surface area contributed by atoms with Crippen molar-refractivity contribution in [3.8, 4) is 0 Å². The predicted molar refractivity (Wildman–Crippen MR) is 79.2 cm³/mol. The number of hydrogen-bond acceptors (Lipinski definition) is 4. The molecule has 20 heavy (non-hydrogen) atoms. The van der Waals surface area contributed by atoms with Crippen molar-refractivity contribution in [1.82, 2.24) is 19.6 Å². The van der Waals surface area contributed by atoms with Crippen molar-refractivity contribution < 1.29 is 0 Å². The van der Waals surface area contributed by atoms with Crippen molar-refractivity contribution in [3.63, 3.8) is 0 Å². The number of nitrogens with one attached hydrogen (secondary N) is 1. The largest absolute Gasteiger partial charge is 0.378 e. The van der Waals surface area contributed by atoms with Gasteiger partial charge in [0.2, 0.25) is 0 Å². The Labute approximate surface area is 122 Å². The number of aromatic nitrogens is 4. The van der Waals surface area contributed by atoms with Crippen molar-refractivity contribution in [2.24, 2.45) is 0 Å². The molecule has 0 aliphatic carbocycles. The van der Waals surface area contributed by atoms with Crippen molar-refractivity contribution >= 4 is 17.3 Å². The van der Waals surface area contributed by atoms with Crippen LogP contribution in [0.4, 0.5) is 5.69 Å². The maximum absolute atomic E-state index is 12.0. The molecule has 6 nitrogen and oxygen atoms in total. The lowest BCUT2D eigenvalue weighted by Crippen LogP contribution is -2.28. The molecule has 0 amide bonds. The Morgan fingerprint density at radius 3 is 2.70 bits per heavy atom. The number of anilines is 1. The van der Waals surface area contributed by atoms with Crippen LogP contribution in [0, 0.1) is 0 Å². The molecule has 1 unspecified atom stereocenters. The van der Waals surface area contributed by atoms with E-state index in [0.29, 0.717) is 12.2 Å². The fraction of sp³-hybridized carbons (Fsp3) is 0.462. The summed E-state index contributed by atoms with van der Waals surface area (Å²) >= 11 is 6.11. The molecule has 0 spiro atoms. The molecule has 0 fully saturated rings. The molecule has 2 rings (SSSR count). The number of rotatable bonds is 5. The normalized spacial score (nSPS) is 12.7. The van der Waals surface area contributed by atoms with E-state index in [2.05, 4.69) is 15.5 Å². The van der Waals surface area contributed by atoms with E-state index in [1.165, 1.54) is 4.68 Å². The van der Waals surface area contributed by atoms with Gasteiger partial charge in [-0.3, -0.25) is 9.48 Å². The van der Waals surface area contributed by atoms with E-state index in [4.69, 9.17) is 11.6 Å². The molecule has 2 aromatic rings. The topological polar surface area (TPSA) is 64.7 Å². The van der Waals surface area contributed by atoms with Crippen LogP contribution < -0.4 is 10.9 Å². The molecule has 108 valence electrons. The van der Waals surface area contributed by atoms with Crippen molar-refractivity contribution in [1.29, 1.82) is 0 Å². The van der Waals surface area contributed by atoms with Gasteiger partial charge in [-0.05, 0) is 26.8 Å². The van der Waals surface area contributed by atoms with Crippen LogP contribution in [0.3, 0.4) is 0 Å². The quantitative estimate of drug-likeness (QED) is 0.918. The van der Waals surface area contributed by atoms with Crippen LogP contribution in [-0.4, -0.2) is 25.6 Å². The van der Waals surface area contributed by atoms with Crippen LogP contribution in [0.1, 0.15) is 26.8 Å². The summed E-state index contributed by atoms with van der Waals surface area (Å²) in [5.41, 5.74) is 0.270. The predicted octanol–water partition coefficient (Wildman–Crippen LogP) is 2.17. The van der Waals surface area contributed by atoms with E-state index in [-0.39, 0.29) is 22.7 Å². The zero-order valence-electron chi connectivity index (χ0n) is 11.7. The van der Waals surface area contributed by atoms with Gasteiger partial charge in [0.05, 0.1) is 24.5 Å². The summed E-state index contributed by atoms with van der Waals surface area (Å²) < 4.78 is 3.18. The maximum atomic E-state index is 12.0. The summed E-state index contributed by atoms with van der Waals surface area (Å²) in [6.07, 6.45) is 5.20. The van der Waals surface area contributed by atoms with E-state index in [9.17, 15) is 4.79 Å². The molecule has 7 heteroatoms. The molecular formula is C13H18ClN5O. The molecule has 1 atom stereocenters. The Morgan fingerprint density at radius 1 is 1.35 bits per heavy atom. The molecule has 0 radical (unpaired) electrons. The third kappa shape index (κ3) is 3.19. The first kappa shape index (κ1) is 14.6. The standard InChI is InChI=1S/C13H18ClN5O/c1-9(2)19-13(20)12(14)11(7-16-19)17-10(3)8-18-6-4-5-15-18/h4-7,9-10,17H,8H2,1-3H3. The summed E-state index contributed by atoms with van der Waals surface area (Å²) in [6, 6.07) is 1.92. The van der Waals surface area contributed by atoms with Crippen LogP contribution in [0.2, 0.25) is 5.02 Å². The molecule has 0 aliphatic rings. The van der Waals surface area contributed by atoms with Gasteiger partial charge >= 0.3 is 0 Å². The third-order valence-corrected chi connectivity index (χ3v) is 3.22. The first-order valence-electron chi connectivity index (χ1n) is 6.50. The lowest BCUT2D eigenvalue weighted by atomic mass is 10.3. The molecule has 0 saturated heterocycles. The summed E-state index contributed by atoms with van der Waals surface area (Å²) in [7, 11) is 0. The first-order valence-corrected chi connectivity index (χ1v) is 6.88. The summed E-state index contributed by atoms with van der Waals surface area (Å²) in [6.45, 7) is 6.44. The van der Waals surface area contributed by atoms with Crippen LogP contribution in [0.5, 0.6) is 0 Å². The second-order valence-electron chi connectivity index (χ2n) is 4.99. The van der Waals surface area contributed by atoms with Gasteiger partial charge < -0.3 is 5.32 Å². The maximum Gasteiger partial charge on any atom is 0.287 e. The number of nitrogens with zero attached hydrogens (tertiary/aromatic N) is 4. The van der Waals surface area contributed by atoms with Gasteiger partial charge in [-0.2, -0.15) is 10.2 Å². The van der Waals surface area contributed by atoms with Crippen molar-refractivity contribution in [2.45, 2.75) is 39.4 Å². The van der Waals surface area contributed by atoms with E-state index in [1.54, 1.807) is 12.4 Å². The fourth-order valence-electron chi connectivity index (χ4n) is 1.91. The zero-order chi connectivity index (χ0) is 14.7. The Balaban J connectivity index is 2.14. The van der Waals surface area contributed by atoms with Gasteiger partial charge in [0.25, 0.3) is 5.56 Å². The lowest BCUT2D eigenvalue weighted by Gasteiger charge is -2.17. The van der Waals surface area contributed by atoms with Crippen LogP contribution in [0.25, 0.3) is 0 Å². The summed E-state index contributed by atoms with van der Waals surface area (Å²) in [5, 5.41) is 11.6. The average Bonchev–Trinajstić information content (AvgIpc) is 2.87. The van der Waals surface area contributed by atoms with Gasteiger partial charge in [0.1, 0.15) is 5.02 Å². The molecule has 0 bridgehead atoms. The van der Waals surface area contributed by atoms with Crippen molar-refractivity contribution in [3.05, 3.63) is 40.0 Å². The third-order valence-electron chi connectivity index (χ3n) is 2.85. The first-order chi connectivity index (χ1) is 9.49. The molecular weight excluding hydrogens is 278 g/mol. The SMILES string of the molecule is CC(Cn1cccn1)Nc1cnn(C(C)C)c(=O)c1Cl. The highest BCUT2D eigenvalue weighted by atomic mass is 35.5. The second-order valence-corrected chi connectivity index (χ2v) is 5.37. The van der Waals surface area contributed by atoms with E-state index in [1.807, 2.05) is 37.7 Å². The molecule has 1 N–H and O–H groups in total. The Kier molecular flexibility index (Phi) is 4.44. The van der Waals surface area contributed by atoms with Gasteiger partial charge in [-0.15, -0.1) is 0 Å². The Hall–Kier alpha value is -1.82. The average molecular weight is 296 g/mol. The summed E-state index contributed by atoms with van der Waals surface area (Å²) in [4.78, 5) is 12.0. The molecule has 0 aromatic carbocycles. The number of halogens is 1. The molecule has 2 aromatic heterocycles. The van der Waals surface area contributed by atoms with E-state index >= 15 is 0 Å². The minimum Gasteiger partial charge on any atom is -0.378 e. The minimum absolute atomic E-state index is 0.0180.